The second-order valence-electron chi connectivity index (χ2n) is 7.77. The second-order valence-corrected chi connectivity index (χ2v) is 8.69. The first-order valence-corrected chi connectivity index (χ1v) is 11.3. The fourth-order valence-corrected chi connectivity index (χ4v) is 4.72. The van der Waals surface area contributed by atoms with E-state index in [-0.39, 0.29) is 12.1 Å². The average Bonchev–Trinajstić information content (AvgIpc) is 3.30. The summed E-state index contributed by atoms with van der Waals surface area (Å²) in [4.78, 5) is 39.5. The molecule has 168 valence electrons. The molecule has 8 nitrogen and oxygen atoms in total. The van der Waals surface area contributed by atoms with Gasteiger partial charge in [0.1, 0.15) is 24.5 Å². The number of carbonyl (C=O) groups is 1. The minimum Gasteiger partial charge on any atom is -0.486 e. The number of hydrogen-bond donors (Lipinski definition) is 1. The van der Waals surface area contributed by atoms with E-state index < -0.39 is 11.6 Å². The highest BCUT2D eigenvalue weighted by molar-refractivity contribution is 7.17. The quantitative estimate of drug-likeness (QED) is 0.502. The third-order valence-electron chi connectivity index (χ3n) is 5.70. The van der Waals surface area contributed by atoms with E-state index in [9.17, 15) is 14.4 Å². The number of amides is 1. The molecule has 9 heteroatoms. The number of rotatable bonds is 4. The summed E-state index contributed by atoms with van der Waals surface area (Å²) in [5.74, 6) is 0.781. The Hall–Kier alpha value is -3.85. The van der Waals surface area contributed by atoms with Crippen molar-refractivity contribution in [2.24, 2.45) is 0 Å². The molecule has 33 heavy (non-hydrogen) atoms. The van der Waals surface area contributed by atoms with E-state index in [2.05, 4.69) is 5.32 Å². The molecular weight excluding hydrogens is 442 g/mol. The van der Waals surface area contributed by atoms with E-state index in [0.29, 0.717) is 46.3 Å². The zero-order valence-electron chi connectivity index (χ0n) is 18.1. The molecule has 3 heterocycles. The Balaban J connectivity index is 1.54. The van der Waals surface area contributed by atoms with Crippen LogP contribution in [0.4, 0.5) is 5.69 Å². The molecule has 0 fully saturated rings. The Morgan fingerprint density at radius 2 is 1.85 bits per heavy atom. The van der Waals surface area contributed by atoms with Crippen molar-refractivity contribution in [2.75, 3.05) is 18.5 Å². The molecular formula is C24H21N3O5S. The molecule has 0 saturated heterocycles. The summed E-state index contributed by atoms with van der Waals surface area (Å²) in [6.07, 6.45) is 0. The highest BCUT2D eigenvalue weighted by Gasteiger charge is 2.19. The van der Waals surface area contributed by atoms with Crippen molar-refractivity contribution in [3.8, 4) is 17.2 Å². The Labute approximate surface area is 192 Å². The Morgan fingerprint density at radius 1 is 1.06 bits per heavy atom. The summed E-state index contributed by atoms with van der Waals surface area (Å²) < 4.78 is 14.0. The van der Waals surface area contributed by atoms with Gasteiger partial charge in [-0.25, -0.2) is 9.36 Å². The largest absolute Gasteiger partial charge is 0.486 e. The van der Waals surface area contributed by atoms with E-state index >= 15 is 0 Å². The number of carbonyl (C=O) groups excluding carboxylic acids is 1. The van der Waals surface area contributed by atoms with Crippen molar-refractivity contribution in [3.63, 3.8) is 0 Å². The van der Waals surface area contributed by atoms with Crippen molar-refractivity contribution in [2.45, 2.75) is 20.4 Å². The molecule has 0 radical (unpaired) electrons. The van der Waals surface area contributed by atoms with Crippen molar-refractivity contribution in [1.29, 1.82) is 0 Å². The van der Waals surface area contributed by atoms with E-state index in [1.165, 1.54) is 15.9 Å². The van der Waals surface area contributed by atoms with Crippen LogP contribution in [-0.2, 0) is 11.3 Å². The van der Waals surface area contributed by atoms with E-state index in [1.807, 2.05) is 19.9 Å². The fraction of sp³-hybridized carbons (Fsp3) is 0.208. The number of ether oxygens (including phenoxy) is 2. The molecule has 2 aromatic heterocycles. The Morgan fingerprint density at radius 3 is 2.67 bits per heavy atom. The number of hydrogen-bond acceptors (Lipinski definition) is 6. The van der Waals surface area contributed by atoms with Gasteiger partial charge in [0.25, 0.3) is 5.56 Å². The van der Waals surface area contributed by atoms with Gasteiger partial charge in [-0.05, 0) is 54.6 Å². The SMILES string of the molecule is Cc1cccc(-n2c(=O)c3sccc3n(CC(=O)Nc3ccc4c(c3)OCCO4)c2=O)c1C. The molecule has 0 aliphatic carbocycles. The number of anilines is 1. The normalized spacial score (nSPS) is 12.7. The number of benzene rings is 2. The maximum absolute atomic E-state index is 13.5. The zero-order chi connectivity index (χ0) is 23.1. The number of aromatic nitrogens is 2. The van der Waals surface area contributed by atoms with Gasteiger partial charge in [-0.3, -0.25) is 14.2 Å². The molecule has 4 aromatic rings. The molecule has 5 rings (SSSR count). The number of thiophene rings is 1. The Bertz CT molecular complexity index is 1520. The molecule has 2 aromatic carbocycles. The van der Waals surface area contributed by atoms with Crippen LogP contribution >= 0.6 is 11.3 Å². The molecule has 1 aliphatic heterocycles. The molecule has 0 unspecified atom stereocenters. The van der Waals surface area contributed by atoms with Crippen LogP contribution in [0.3, 0.4) is 0 Å². The lowest BCUT2D eigenvalue weighted by atomic mass is 10.1. The molecule has 0 saturated carbocycles. The number of nitrogens with one attached hydrogen (secondary N) is 1. The van der Waals surface area contributed by atoms with Gasteiger partial charge < -0.3 is 14.8 Å². The third kappa shape index (κ3) is 3.70. The Kier molecular flexibility index (Phi) is 5.26. The van der Waals surface area contributed by atoms with E-state index in [4.69, 9.17) is 9.47 Å². The summed E-state index contributed by atoms with van der Waals surface area (Å²) in [6.45, 7) is 4.47. The van der Waals surface area contributed by atoms with Gasteiger partial charge >= 0.3 is 5.69 Å². The van der Waals surface area contributed by atoms with Crippen LogP contribution < -0.4 is 26.0 Å². The molecule has 0 spiro atoms. The first-order chi connectivity index (χ1) is 15.9. The van der Waals surface area contributed by atoms with E-state index in [0.717, 1.165) is 15.7 Å². The van der Waals surface area contributed by atoms with Crippen LogP contribution in [0.2, 0.25) is 0 Å². The van der Waals surface area contributed by atoms with Crippen molar-refractivity contribution >= 4 is 33.1 Å². The number of aryl methyl sites for hydroxylation is 1. The molecule has 1 amide bonds. The van der Waals surface area contributed by atoms with Gasteiger partial charge in [0.05, 0.1) is 11.2 Å². The van der Waals surface area contributed by atoms with E-state index in [1.54, 1.807) is 41.8 Å². The standard InChI is InChI=1S/C24H21N3O5S/c1-14-4-3-5-17(15(14)2)27-23(29)22-18(8-11-33-22)26(24(27)30)13-21(28)25-16-6-7-19-20(12-16)32-10-9-31-19/h3-8,11-12H,9-10,13H2,1-2H3,(H,25,28). The van der Waals surface area contributed by atoms with Crippen molar-refractivity contribution in [3.05, 3.63) is 79.8 Å². The summed E-state index contributed by atoms with van der Waals surface area (Å²) in [6, 6.07) is 12.3. The summed E-state index contributed by atoms with van der Waals surface area (Å²) in [5, 5.41) is 4.55. The van der Waals surface area contributed by atoms with Crippen LogP contribution in [0, 0.1) is 13.8 Å². The van der Waals surface area contributed by atoms with Crippen LogP contribution in [0.15, 0.2) is 57.4 Å². The lowest BCUT2D eigenvalue weighted by molar-refractivity contribution is -0.116. The average molecular weight is 464 g/mol. The summed E-state index contributed by atoms with van der Waals surface area (Å²) in [5.41, 5.74) is 2.34. The topological polar surface area (TPSA) is 91.6 Å². The number of nitrogens with zero attached hydrogens (tertiary/aromatic N) is 2. The van der Waals surface area contributed by atoms with Gasteiger partial charge in [-0.15, -0.1) is 11.3 Å². The minimum absolute atomic E-state index is 0.244. The molecule has 0 atom stereocenters. The zero-order valence-corrected chi connectivity index (χ0v) is 18.9. The number of fused-ring (bicyclic) bond motifs is 2. The van der Waals surface area contributed by atoms with Crippen LogP contribution in [0.5, 0.6) is 11.5 Å². The highest BCUT2D eigenvalue weighted by atomic mass is 32.1. The maximum Gasteiger partial charge on any atom is 0.336 e. The summed E-state index contributed by atoms with van der Waals surface area (Å²) in [7, 11) is 0. The highest BCUT2D eigenvalue weighted by Crippen LogP contribution is 2.32. The second kappa shape index (κ2) is 8.25. The third-order valence-corrected chi connectivity index (χ3v) is 6.59. The predicted molar refractivity (Wildman–Crippen MR) is 127 cm³/mol. The lowest BCUT2D eigenvalue weighted by Gasteiger charge is -2.19. The van der Waals surface area contributed by atoms with Crippen molar-refractivity contribution < 1.29 is 14.3 Å². The van der Waals surface area contributed by atoms with Gasteiger partial charge in [0, 0.05) is 11.8 Å². The van der Waals surface area contributed by atoms with Crippen LogP contribution in [0.1, 0.15) is 11.1 Å². The van der Waals surface area contributed by atoms with Crippen LogP contribution in [-0.4, -0.2) is 28.3 Å². The minimum atomic E-state index is -0.558. The van der Waals surface area contributed by atoms with Gasteiger partial charge in [-0.1, -0.05) is 12.1 Å². The van der Waals surface area contributed by atoms with Crippen molar-refractivity contribution in [1.82, 2.24) is 9.13 Å². The summed E-state index contributed by atoms with van der Waals surface area (Å²) >= 11 is 1.25. The molecule has 1 N–H and O–H groups in total. The molecule has 1 aliphatic rings. The van der Waals surface area contributed by atoms with Crippen LogP contribution in [0.25, 0.3) is 15.9 Å². The van der Waals surface area contributed by atoms with Gasteiger partial charge in [-0.2, -0.15) is 0 Å². The molecule has 0 bridgehead atoms. The lowest BCUT2D eigenvalue weighted by Crippen LogP contribution is -2.40. The fourth-order valence-electron chi connectivity index (χ4n) is 3.90. The predicted octanol–water partition coefficient (Wildman–Crippen LogP) is 3.24. The maximum atomic E-state index is 13.5. The first kappa shape index (κ1) is 21.0. The van der Waals surface area contributed by atoms with Gasteiger partial charge in [0.2, 0.25) is 5.91 Å². The van der Waals surface area contributed by atoms with Gasteiger partial charge in [0.15, 0.2) is 11.5 Å². The first-order valence-electron chi connectivity index (χ1n) is 10.4. The monoisotopic (exact) mass is 463 g/mol. The smallest absolute Gasteiger partial charge is 0.336 e.